The molecule has 2 bridgehead atoms. The molecule has 5 saturated heterocycles. The summed E-state index contributed by atoms with van der Waals surface area (Å²) < 4.78 is 29.3. The van der Waals surface area contributed by atoms with E-state index in [2.05, 4.69) is 133 Å². The first-order valence-corrected chi connectivity index (χ1v) is 55.0. The molecule has 5 aliphatic heterocycles. The number of fused-ring (bicyclic) bond motifs is 7. The van der Waals surface area contributed by atoms with E-state index in [1.807, 2.05) is 48.5 Å². The molecule has 11 aliphatic rings. The molecule has 6 aliphatic carbocycles. The Morgan fingerprint density at radius 1 is 0.205 bits per heavy atom. The Morgan fingerprint density at radius 2 is 0.410 bits per heavy atom. The van der Waals surface area contributed by atoms with Crippen molar-refractivity contribution in [3.8, 4) is 28.7 Å². The lowest BCUT2D eigenvalue weighted by Crippen LogP contribution is -2.25. The van der Waals surface area contributed by atoms with Crippen LogP contribution < -0.4 is 23.7 Å². The fourth-order valence-corrected chi connectivity index (χ4v) is 33.8. The van der Waals surface area contributed by atoms with Crippen LogP contribution >= 0.6 is 0 Å². The van der Waals surface area contributed by atoms with Crippen LogP contribution in [0.2, 0.25) is 0 Å². The molecule has 0 amide bonds. The van der Waals surface area contributed by atoms with Gasteiger partial charge in [-0.05, 0) is 257 Å². The lowest BCUT2D eigenvalue weighted by atomic mass is 9.89. The van der Waals surface area contributed by atoms with E-state index in [0.29, 0.717) is 60.4 Å². The molecule has 21 rings (SSSR count). The summed E-state index contributed by atoms with van der Waals surface area (Å²) in [4.78, 5) is 70.0. The van der Waals surface area contributed by atoms with E-state index >= 15 is 0 Å². The van der Waals surface area contributed by atoms with Gasteiger partial charge in [0.25, 0.3) is 0 Å². The lowest BCUT2D eigenvalue weighted by Gasteiger charge is -2.20. The monoisotopic (exact) mass is 1730 g/mol. The SMILES string of the molecule is O=C(Oc1ccc([S+]2CCCC2)c2ccccc12)C1CCCC1.O=C(Oc1ccc([S+]2CCCC2)c2ccccc12)C1CCCCC1.O=C(Oc1ccc([S+]2CCCCC2)c2ccccc12)C1CC2CCC1C2.O=C(Oc1ccc([S+]2CCCCC2)c2ccccc12)C1CCCC1.O=C(Oc1ccc([S+]2CCCCC2)c2ccccc12)C1CCCCC1. The highest BCUT2D eigenvalue weighted by Crippen LogP contribution is 2.50. The van der Waals surface area contributed by atoms with Gasteiger partial charge in [0.1, 0.15) is 86.3 Å². The van der Waals surface area contributed by atoms with E-state index in [0.717, 1.165) is 171 Å². The van der Waals surface area contributed by atoms with Crippen LogP contribution in [0.4, 0.5) is 0 Å². The van der Waals surface area contributed by atoms with E-state index in [1.165, 1.54) is 225 Å². The Kier molecular flexibility index (Phi) is 30.4. The van der Waals surface area contributed by atoms with Crippen LogP contribution in [0, 0.1) is 41.4 Å². The summed E-state index contributed by atoms with van der Waals surface area (Å²) in [6, 6.07) is 63.5. The highest BCUT2D eigenvalue weighted by Gasteiger charge is 2.45. The van der Waals surface area contributed by atoms with Gasteiger partial charge in [-0.25, -0.2) is 0 Å². The summed E-state index contributed by atoms with van der Waals surface area (Å²) in [7, 11) is 1.80. The summed E-state index contributed by atoms with van der Waals surface area (Å²) in [6.07, 6.45) is 42.0. The van der Waals surface area contributed by atoms with Crippen LogP contribution in [0.3, 0.4) is 0 Å². The molecule has 10 aromatic rings. The van der Waals surface area contributed by atoms with Gasteiger partial charge in [-0.3, -0.25) is 24.0 Å². The van der Waals surface area contributed by atoms with Crippen LogP contribution in [0.25, 0.3) is 53.9 Å². The van der Waals surface area contributed by atoms with E-state index < -0.39 is 0 Å². The van der Waals surface area contributed by atoms with Gasteiger partial charge in [-0.15, -0.1) is 0 Å². The number of esters is 5. The minimum Gasteiger partial charge on any atom is -0.426 e. The standard InChI is InChI=1S/C23H27O2S.C22H27O2S.2C21H25O2S.C20H23O2S/c24-23(20-15-16-8-9-17(20)14-16)25-21-10-11-22(26-12-4-1-5-13-26)19-7-3-2-6-18(19)21;23-22(17-9-3-1-4-10-17)24-20-13-14-21(25-15-7-2-8-16-25)19-12-6-5-11-18(19)20;22-21(16-8-2-3-9-16)23-19-12-13-20(24-14-6-1-7-15-24)18-11-5-4-10-17(18)19;22-21(16-8-2-1-3-9-16)23-19-12-13-20(24-14-6-7-15-24)18-11-5-4-10-17(18)19;21-20(15-7-1-2-8-15)22-18-11-12-19(23-13-5-6-14-23)17-10-4-3-9-16(17)18/h2-3,6-7,10-11,16-17,20H,1,4-5,8-9,12-15H2;5-6,11-14,17H,1-4,7-10,15-16H2;2*4-5,10-13,16H,1-3,6-9,14-15H2;3-4,9-12,15H,1-2,5-8,13-14H2/q5*+1. The minimum absolute atomic E-state index is 0.00946. The van der Waals surface area contributed by atoms with Crippen LogP contribution in [-0.4, -0.2) is 87.4 Å². The molecule has 10 aromatic carbocycles. The summed E-state index contributed by atoms with van der Waals surface area (Å²) >= 11 is 0. The first-order valence-electron chi connectivity index (χ1n) is 47.2. The topological polar surface area (TPSA) is 132 Å². The lowest BCUT2D eigenvalue weighted by molar-refractivity contribution is -0.141. The van der Waals surface area contributed by atoms with Crippen molar-refractivity contribution in [1.29, 1.82) is 0 Å². The second-order valence-electron chi connectivity index (χ2n) is 36.2. The molecule has 0 spiro atoms. The molecule has 5 heterocycles. The normalized spacial score (nSPS) is 21.6. The molecule has 11 fully saturated rings. The Morgan fingerprint density at radius 3 is 0.631 bits per heavy atom. The fourth-order valence-electron chi connectivity index (χ4n) is 21.3. The quantitative estimate of drug-likeness (QED) is 0.0555. The number of hydrogen-bond donors (Lipinski definition) is 0. The number of hydrogen-bond acceptors (Lipinski definition) is 10. The molecule has 0 N–H and O–H groups in total. The molecule has 0 aromatic heterocycles. The van der Waals surface area contributed by atoms with Gasteiger partial charge in [0.05, 0.1) is 29.6 Å². The van der Waals surface area contributed by atoms with Crippen molar-refractivity contribution in [2.75, 3.05) is 57.5 Å². The maximum atomic E-state index is 12.8. The van der Waals surface area contributed by atoms with E-state index in [4.69, 9.17) is 23.7 Å². The molecule has 15 heteroatoms. The van der Waals surface area contributed by atoms with E-state index in [-0.39, 0.29) is 59.4 Å². The van der Waals surface area contributed by atoms with Crippen molar-refractivity contribution < 1.29 is 47.7 Å². The Labute approximate surface area is 739 Å². The van der Waals surface area contributed by atoms with E-state index in [1.54, 1.807) is 0 Å². The molecule has 122 heavy (non-hydrogen) atoms. The molecule has 10 nitrogen and oxygen atoms in total. The van der Waals surface area contributed by atoms with Crippen molar-refractivity contribution in [3.05, 3.63) is 182 Å². The maximum Gasteiger partial charge on any atom is 0.314 e. The summed E-state index contributed by atoms with van der Waals surface area (Å²) in [6.45, 7) is 0. The number of carbonyl (C=O) groups is 5. The van der Waals surface area contributed by atoms with Crippen LogP contribution in [-0.2, 0) is 78.4 Å². The second kappa shape index (κ2) is 42.7. The average molecular weight is 1730 g/mol. The maximum absolute atomic E-state index is 12.8. The molecular weight excluding hydrogens is 1610 g/mol. The van der Waals surface area contributed by atoms with Gasteiger partial charge in [-0.2, -0.15) is 0 Å². The number of carbonyl (C=O) groups excluding carboxylic acids is 5. The molecule has 0 radical (unpaired) electrons. The number of rotatable bonds is 15. The van der Waals surface area contributed by atoms with Crippen molar-refractivity contribution in [1.82, 2.24) is 0 Å². The Bertz CT molecular complexity index is 5240. The average Bonchev–Trinajstić information content (AvgIpc) is 1.33. The third-order valence-corrected chi connectivity index (χ3v) is 40.7. The molecular formula is C107H127O10S5+5. The van der Waals surface area contributed by atoms with Gasteiger partial charge in [0.15, 0.2) is 24.5 Å². The molecule has 6 saturated carbocycles. The first-order chi connectivity index (χ1) is 60.1. The zero-order valence-corrected chi connectivity index (χ0v) is 75.9. The van der Waals surface area contributed by atoms with Crippen molar-refractivity contribution in [3.63, 3.8) is 0 Å². The van der Waals surface area contributed by atoms with Gasteiger partial charge in [0, 0.05) is 108 Å². The van der Waals surface area contributed by atoms with Crippen LogP contribution in [0.5, 0.6) is 28.7 Å². The third kappa shape index (κ3) is 21.1. The predicted octanol–water partition coefficient (Wildman–Crippen LogP) is 25.7. The third-order valence-electron chi connectivity index (χ3n) is 28.0. The Balaban J connectivity index is 0.000000108. The van der Waals surface area contributed by atoms with Crippen molar-refractivity contribution in [2.24, 2.45) is 41.4 Å². The van der Waals surface area contributed by atoms with Crippen LogP contribution in [0.15, 0.2) is 206 Å². The second-order valence-corrected chi connectivity index (χ2v) is 47.4. The molecule has 640 valence electrons. The van der Waals surface area contributed by atoms with Crippen LogP contribution in [0.1, 0.15) is 225 Å². The smallest absolute Gasteiger partial charge is 0.314 e. The summed E-state index contributed by atoms with van der Waals surface area (Å²) in [5.74, 6) is 18.6. The highest BCUT2D eigenvalue weighted by atomic mass is 32.2. The predicted molar refractivity (Wildman–Crippen MR) is 511 cm³/mol. The zero-order valence-electron chi connectivity index (χ0n) is 71.8. The molecule has 3 atom stereocenters. The highest BCUT2D eigenvalue weighted by molar-refractivity contribution is 7.98. The number of ether oxygens (including phenoxy) is 5. The van der Waals surface area contributed by atoms with Crippen molar-refractivity contribution >= 4 is 138 Å². The molecule has 3 unspecified atom stereocenters. The fraction of sp³-hybridized carbons (Fsp3) is 0.486. The summed E-state index contributed by atoms with van der Waals surface area (Å²) in [5, 5.41) is 11.9. The van der Waals surface area contributed by atoms with Gasteiger partial charge < -0.3 is 23.7 Å². The van der Waals surface area contributed by atoms with Gasteiger partial charge in [0.2, 0.25) is 0 Å². The van der Waals surface area contributed by atoms with Crippen molar-refractivity contribution in [2.45, 2.75) is 249 Å². The largest absolute Gasteiger partial charge is 0.426 e. The van der Waals surface area contributed by atoms with E-state index in [9.17, 15) is 24.0 Å². The Hall–Kier alpha value is -7.40. The van der Waals surface area contributed by atoms with Gasteiger partial charge >= 0.3 is 29.8 Å². The first kappa shape index (κ1) is 86.7. The number of benzene rings is 10. The minimum atomic E-state index is -0.0382. The summed E-state index contributed by atoms with van der Waals surface area (Å²) in [5.41, 5.74) is 0. The zero-order chi connectivity index (χ0) is 82.9. The van der Waals surface area contributed by atoms with Gasteiger partial charge in [-0.1, -0.05) is 162 Å².